The van der Waals surface area contributed by atoms with Crippen molar-refractivity contribution in [3.05, 3.63) is 0 Å². The maximum atomic E-state index is 0. The first-order valence-corrected chi connectivity index (χ1v) is 0. The fourth-order valence-electron chi connectivity index (χ4n) is 0. The number of hydrogen-bond donors (Lipinski definition) is 0. The van der Waals surface area contributed by atoms with Crippen LogP contribution in [0.25, 0.3) is 0 Å². The molecule has 0 unspecified atom stereocenters. The van der Waals surface area contributed by atoms with Gasteiger partial charge in [0, 0.05) is 0 Å². The molecule has 0 spiro atoms. The minimum atomic E-state index is 0. The summed E-state index contributed by atoms with van der Waals surface area (Å²) in [6.45, 7) is 0. The van der Waals surface area contributed by atoms with Crippen LogP contribution in [-0.4, -0.2) is 0 Å². The Bertz CT molecular complexity index is 3.25. The minimum absolute atomic E-state index is 0. The number of rotatable bonds is 0. The minimum Gasteiger partial charge on any atom is 1.00 e. The quantitative estimate of drug-likeness (QED) is 0.360. The van der Waals surface area contributed by atoms with Crippen molar-refractivity contribution in [1.82, 2.24) is 0 Å². The molecular weight excluding hydrogens is 226 g/mol. The van der Waals surface area contributed by atoms with E-state index in [1.54, 1.807) is 0 Å². The van der Waals surface area contributed by atoms with Gasteiger partial charge in [-0.25, -0.2) is 0 Å². The van der Waals surface area contributed by atoms with E-state index in [0.29, 0.717) is 0 Å². The molecule has 0 saturated carbocycles. The van der Waals surface area contributed by atoms with Crippen LogP contribution >= 0.6 is 0 Å². The van der Waals surface area contributed by atoms with Crippen molar-refractivity contribution in [2.45, 2.75) is 0 Å². The van der Waals surface area contributed by atoms with Crippen LogP contribution in [0.1, 0.15) is 0 Å². The first-order valence-electron chi connectivity index (χ1n) is 0. The Morgan fingerprint density at radius 2 is 0.500 bits per heavy atom. The summed E-state index contributed by atoms with van der Waals surface area (Å²) >= 11 is 0. The number of hydrogen-bond acceptors (Lipinski definition) is 0. The topological polar surface area (TPSA) is 0 Å². The molecule has 0 heterocycles. The fraction of sp³-hybridized carbons (Fsp3) is 0. The molecule has 0 amide bonds. The molecule has 0 aliphatic carbocycles. The molecule has 0 fully saturated rings. The summed E-state index contributed by atoms with van der Waals surface area (Å²) in [5.74, 6) is 0. The molecule has 4 heteroatoms. The molecule has 5 valence electrons. The maximum absolute atomic E-state index is 0. The molecule has 0 aliphatic rings. The fourth-order valence-corrected chi connectivity index (χ4v) is 0. The van der Waals surface area contributed by atoms with E-state index in [1.807, 2.05) is 0 Å². The summed E-state index contributed by atoms with van der Waals surface area (Å²) in [6.07, 6.45) is 0. The molecule has 0 saturated heterocycles. The van der Waals surface area contributed by atoms with E-state index in [2.05, 4.69) is 0 Å². The molecule has 0 atom stereocenters. The van der Waals surface area contributed by atoms with Crippen LogP contribution < -0.4 is 88.7 Å². The van der Waals surface area contributed by atoms with E-state index in [1.165, 1.54) is 0 Å². The van der Waals surface area contributed by atoms with Gasteiger partial charge < -0.3 is 0 Å². The third kappa shape index (κ3) is 9.59. The first kappa shape index (κ1) is 23.9. The predicted molar refractivity (Wildman–Crippen MR) is 0 cm³/mol. The SMILES string of the molecule is [Gd+3].[Na+].[Na+].[Na+]. The largest absolute Gasteiger partial charge is 3.00 e. The molecule has 4 heavy (non-hydrogen) atoms. The van der Waals surface area contributed by atoms with Crippen LogP contribution in [0.2, 0.25) is 0 Å². The molecule has 0 aliphatic heterocycles. The van der Waals surface area contributed by atoms with E-state index in [0.717, 1.165) is 0 Å². The molecule has 0 nitrogen and oxygen atoms in total. The summed E-state index contributed by atoms with van der Waals surface area (Å²) in [5.41, 5.74) is 0. The predicted octanol–water partition coefficient (Wildman–Crippen LogP) is -8.99. The summed E-state index contributed by atoms with van der Waals surface area (Å²) in [5, 5.41) is 0. The smallest absolute Gasteiger partial charge is 1.00 e. The van der Waals surface area contributed by atoms with Crippen molar-refractivity contribution < 1.29 is 129 Å². The van der Waals surface area contributed by atoms with Crippen LogP contribution in [0.3, 0.4) is 0 Å². The van der Waals surface area contributed by atoms with E-state index in [-0.39, 0.29) is 129 Å². The second-order valence-corrected chi connectivity index (χ2v) is 0. The van der Waals surface area contributed by atoms with E-state index >= 15 is 0 Å². The van der Waals surface area contributed by atoms with Gasteiger partial charge >= 0.3 is 129 Å². The monoisotopic (exact) mass is 227 g/mol. The second-order valence-electron chi connectivity index (χ2n) is 0. The van der Waals surface area contributed by atoms with Gasteiger partial charge in [0.05, 0.1) is 0 Å². The van der Waals surface area contributed by atoms with Crippen molar-refractivity contribution in [1.29, 1.82) is 0 Å². The molecule has 0 N–H and O–H groups in total. The van der Waals surface area contributed by atoms with Gasteiger partial charge in [-0.15, -0.1) is 0 Å². The van der Waals surface area contributed by atoms with E-state index in [9.17, 15) is 0 Å². The third-order valence-corrected chi connectivity index (χ3v) is 0. The maximum Gasteiger partial charge on any atom is 3.00 e. The van der Waals surface area contributed by atoms with Gasteiger partial charge in [-0.3, -0.25) is 0 Å². The Morgan fingerprint density at radius 1 is 0.500 bits per heavy atom. The van der Waals surface area contributed by atoms with Crippen molar-refractivity contribution in [3.8, 4) is 0 Å². The average molecular weight is 226 g/mol. The van der Waals surface area contributed by atoms with Gasteiger partial charge in [0.1, 0.15) is 0 Å². The standard InChI is InChI=1S/Gd.3Na/q+3;3*+1. The van der Waals surface area contributed by atoms with Gasteiger partial charge in [-0.2, -0.15) is 0 Å². The van der Waals surface area contributed by atoms with Crippen molar-refractivity contribution in [2.75, 3.05) is 0 Å². The van der Waals surface area contributed by atoms with E-state index in [4.69, 9.17) is 0 Å². The van der Waals surface area contributed by atoms with Crippen molar-refractivity contribution in [2.24, 2.45) is 0 Å². The summed E-state index contributed by atoms with van der Waals surface area (Å²) in [7, 11) is 0. The van der Waals surface area contributed by atoms with Crippen LogP contribution in [-0.2, 0) is 0 Å². The molecule has 0 aromatic carbocycles. The third-order valence-electron chi connectivity index (χ3n) is 0. The average Bonchev–Trinajstić information content (AvgIpc) is 0. The Morgan fingerprint density at radius 3 is 0.500 bits per heavy atom. The van der Waals surface area contributed by atoms with Crippen LogP contribution in [0, 0.1) is 39.9 Å². The van der Waals surface area contributed by atoms with Crippen molar-refractivity contribution >= 4 is 0 Å². The van der Waals surface area contributed by atoms with Gasteiger partial charge in [-0.05, 0) is 0 Å². The Hall–Kier alpha value is 4.32. The Kier molecular flexibility index (Phi) is 93.5. The van der Waals surface area contributed by atoms with Crippen molar-refractivity contribution in [3.63, 3.8) is 0 Å². The molecular formula is GdNa3+6. The van der Waals surface area contributed by atoms with Gasteiger partial charge in [-0.1, -0.05) is 0 Å². The normalized spacial score (nSPS) is 0. The first-order chi connectivity index (χ1) is 0. The summed E-state index contributed by atoms with van der Waals surface area (Å²) in [6, 6.07) is 0. The van der Waals surface area contributed by atoms with E-state index < -0.39 is 0 Å². The Labute approximate surface area is 125 Å². The zero-order valence-corrected chi connectivity index (χ0v) is 11.6. The molecule has 1 radical (unpaired) electrons. The van der Waals surface area contributed by atoms with Crippen LogP contribution in [0.5, 0.6) is 0 Å². The Balaban J connectivity index is 0. The summed E-state index contributed by atoms with van der Waals surface area (Å²) in [4.78, 5) is 0. The van der Waals surface area contributed by atoms with Crippen LogP contribution in [0.15, 0.2) is 0 Å². The summed E-state index contributed by atoms with van der Waals surface area (Å²) < 4.78 is 0. The van der Waals surface area contributed by atoms with Crippen LogP contribution in [0.4, 0.5) is 0 Å². The van der Waals surface area contributed by atoms with Gasteiger partial charge in [0.15, 0.2) is 0 Å². The second kappa shape index (κ2) is 15.7. The zero-order chi connectivity index (χ0) is 0. The molecule has 0 rings (SSSR count). The molecule has 0 aromatic heterocycles. The zero-order valence-electron chi connectivity index (χ0n) is 3.35. The van der Waals surface area contributed by atoms with Gasteiger partial charge in [0.25, 0.3) is 0 Å². The molecule has 0 bridgehead atoms. The molecule has 0 aromatic rings. The van der Waals surface area contributed by atoms with Gasteiger partial charge in [0.2, 0.25) is 0 Å².